The van der Waals surface area contributed by atoms with Gasteiger partial charge in [-0.3, -0.25) is 10.1 Å². The molecular formula is C14H15N5O2S2. The van der Waals surface area contributed by atoms with Crippen LogP contribution in [-0.2, 0) is 4.79 Å². The fourth-order valence-corrected chi connectivity index (χ4v) is 3.58. The summed E-state index contributed by atoms with van der Waals surface area (Å²) in [5.41, 5.74) is 0.807. The number of aryl methyl sites for hydroxylation is 1. The van der Waals surface area contributed by atoms with Crippen molar-refractivity contribution in [2.24, 2.45) is 0 Å². The van der Waals surface area contributed by atoms with E-state index in [2.05, 4.69) is 20.5 Å². The Kier molecular flexibility index (Phi) is 4.39. The molecule has 0 saturated heterocycles. The van der Waals surface area contributed by atoms with Gasteiger partial charge in [0.05, 0.1) is 18.4 Å². The zero-order valence-electron chi connectivity index (χ0n) is 12.9. The minimum Gasteiger partial charge on any atom is -0.494 e. The number of benzene rings is 1. The van der Waals surface area contributed by atoms with Gasteiger partial charge in [-0.05, 0) is 19.1 Å². The van der Waals surface area contributed by atoms with Crippen LogP contribution in [0.15, 0.2) is 18.2 Å². The highest BCUT2D eigenvalue weighted by molar-refractivity contribution is 7.22. The lowest BCUT2D eigenvalue weighted by Crippen LogP contribution is -2.29. The quantitative estimate of drug-likeness (QED) is 0.762. The van der Waals surface area contributed by atoms with Crippen molar-refractivity contribution in [1.29, 1.82) is 0 Å². The predicted molar refractivity (Wildman–Crippen MR) is 92.7 cm³/mol. The van der Waals surface area contributed by atoms with Crippen molar-refractivity contribution in [3.8, 4) is 5.75 Å². The molecule has 3 rings (SSSR count). The van der Waals surface area contributed by atoms with Crippen LogP contribution in [0.5, 0.6) is 5.75 Å². The number of nitrogens with one attached hydrogen (secondary N) is 1. The Balaban J connectivity index is 1.72. The van der Waals surface area contributed by atoms with Crippen molar-refractivity contribution < 1.29 is 9.53 Å². The van der Waals surface area contributed by atoms with E-state index in [1.807, 2.05) is 32.2 Å². The maximum absolute atomic E-state index is 12.1. The smallest absolute Gasteiger partial charge is 0.245 e. The highest BCUT2D eigenvalue weighted by Crippen LogP contribution is 2.33. The van der Waals surface area contributed by atoms with E-state index in [-0.39, 0.29) is 12.5 Å². The second kappa shape index (κ2) is 6.47. The number of ether oxygens (including phenoxy) is 1. The molecule has 9 heteroatoms. The van der Waals surface area contributed by atoms with Crippen LogP contribution >= 0.6 is 22.7 Å². The Bertz CT molecular complexity index is 845. The van der Waals surface area contributed by atoms with Crippen LogP contribution < -0.4 is 15.0 Å². The van der Waals surface area contributed by atoms with Gasteiger partial charge in [0.25, 0.3) is 0 Å². The Labute approximate surface area is 140 Å². The number of thiazole rings is 1. The summed E-state index contributed by atoms with van der Waals surface area (Å²) in [5, 5.41) is 12.6. The number of carbonyl (C=O) groups excluding carboxylic acids is 1. The molecule has 23 heavy (non-hydrogen) atoms. The number of hydrogen-bond donors (Lipinski definition) is 1. The molecule has 0 bridgehead atoms. The van der Waals surface area contributed by atoms with E-state index < -0.39 is 0 Å². The summed E-state index contributed by atoms with van der Waals surface area (Å²) >= 11 is 2.86. The maximum Gasteiger partial charge on any atom is 0.245 e. The number of nitrogens with zero attached hydrogens (tertiary/aromatic N) is 4. The molecular weight excluding hydrogens is 334 g/mol. The molecule has 0 fully saturated rings. The highest BCUT2D eigenvalue weighted by Gasteiger charge is 2.15. The summed E-state index contributed by atoms with van der Waals surface area (Å²) < 4.78 is 6.34. The molecule has 0 saturated carbocycles. The van der Waals surface area contributed by atoms with Crippen LogP contribution in [0.1, 0.15) is 5.01 Å². The minimum atomic E-state index is -0.158. The second-order valence-corrected chi connectivity index (χ2v) is 7.02. The predicted octanol–water partition coefficient (Wildman–Crippen LogP) is 2.54. The molecule has 0 radical (unpaired) electrons. The van der Waals surface area contributed by atoms with Crippen molar-refractivity contribution in [3.05, 3.63) is 23.2 Å². The van der Waals surface area contributed by atoms with Gasteiger partial charge < -0.3 is 9.64 Å². The zero-order valence-corrected chi connectivity index (χ0v) is 14.5. The Morgan fingerprint density at radius 3 is 2.87 bits per heavy atom. The van der Waals surface area contributed by atoms with Crippen LogP contribution in [0.2, 0.25) is 0 Å². The summed E-state index contributed by atoms with van der Waals surface area (Å²) in [4.78, 5) is 18.4. The lowest BCUT2D eigenvalue weighted by Gasteiger charge is -2.14. The van der Waals surface area contributed by atoms with Crippen molar-refractivity contribution in [3.63, 3.8) is 0 Å². The third-order valence-corrected chi connectivity index (χ3v) is 4.96. The van der Waals surface area contributed by atoms with E-state index in [1.54, 1.807) is 12.0 Å². The van der Waals surface area contributed by atoms with Gasteiger partial charge in [-0.2, -0.15) is 0 Å². The molecule has 0 spiro atoms. The van der Waals surface area contributed by atoms with Crippen molar-refractivity contribution in [2.75, 3.05) is 30.9 Å². The number of fused-ring (bicyclic) bond motifs is 1. The van der Waals surface area contributed by atoms with Gasteiger partial charge in [0.2, 0.25) is 11.0 Å². The number of likely N-dealkylation sites (N-methyl/N-ethyl adjacent to an activating group) is 1. The first-order valence-electron chi connectivity index (χ1n) is 6.81. The molecule has 0 atom stereocenters. The SMILES string of the molecule is COc1cccc2sc(N(C)CC(=O)Nc3nnc(C)s3)nc12. The number of rotatable bonds is 5. The zero-order chi connectivity index (χ0) is 16.4. The molecule has 1 aromatic carbocycles. The van der Waals surface area contributed by atoms with Crippen LogP contribution in [0.25, 0.3) is 10.2 Å². The fraction of sp³-hybridized carbons (Fsp3) is 0.286. The topological polar surface area (TPSA) is 80.2 Å². The number of methoxy groups -OCH3 is 1. The number of anilines is 2. The van der Waals surface area contributed by atoms with Crippen LogP contribution in [0.4, 0.5) is 10.3 Å². The molecule has 0 aliphatic rings. The van der Waals surface area contributed by atoms with E-state index in [0.717, 1.165) is 26.1 Å². The Morgan fingerprint density at radius 2 is 2.17 bits per heavy atom. The number of para-hydroxylation sites is 1. The number of amides is 1. The number of hydrogen-bond acceptors (Lipinski definition) is 8. The van der Waals surface area contributed by atoms with Crippen LogP contribution in [0.3, 0.4) is 0 Å². The van der Waals surface area contributed by atoms with Gasteiger partial charge >= 0.3 is 0 Å². The first-order valence-corrected chi connectivity index (χ1v) is 8.45. The lowest BCUT2D eigenvalue weighted by atomic mass is 10.3. The first kappa shape index (κ1) is 15.6. The number of carbonyl (C=O) groups is 1. The third-order valence-electron chi connectivity index (χ3n) is 3.07. The minimum absolute atomic E-state index is 0.158. The first-order chi connectivity index (χ1) is 11.1. The molecule has 7 nitrogen and oxygen atoms in total. The number of aromatic nitrogens is 3. The molecule has 3 aromatic rings. The van der Waals surface area contributed by atoms with E-state index in [0.29, 0.717) is 5.13 Å². The van der Waals surface area contributed by atoms with Crippen molar-refractivity contribution in [2.45, 2.75) is 6.92 Å². The van der Waals surface area contributed by atoms with Gasteiger partial charge in [-0.25, -0.2) is 4.98 Å². The van der Waals surface area contributed by atoms with Gasteiger partial charge in [-0.15, -0.1) is 10.2 Å². The summed E-state index contributed by atoms with van der Waals surface area (Å²) in [6.07, 6.45) is 0. The molecule has 1 N–H and O–H groups in total. The molecule has 0 aliphatic carbocycles. The summed E-state index contributed by atoms with van der Waals surface area (Å²) in [7, 11) is 3.45. The maximum atomic E-state index is 12.1. The van der Waals surface area contributed by atoms with Crippen LogP contribution in [0, 0.1) is 6.92 Å². The molecule has 0 aliphatic heterocycles. The molecule has 0 unspecified atom stereocenters. The van der Waals surface area contributed by atoms with E-state index >= 15 is 0 Å². The monoisotopic (exact) mass is 349 g/mol. The summed E-state index contributed by atoms with van der Waals surface area (Å²) in [6, 6.07) is 5.78. The fourth-order valence-electron chi connectivity index (χ4n) is 2.03. The van der Waals surface area contributed by atoms with E-state index in [4.69, 9.17) is 4.74 Å². The van der Waals surface area contributed by atoms with Gasteiger partial charge in [-0.1, -0.05) is 28.7 Å². The lowest BCUT2D eigenvalue weighted by molar-refractivity contribution is -0.114. The van der Waals surface area contributed by atoms with Crippen molar-refractivity contribution in [1.82, 2.24) is 15.2 Å². The average molecular weight is 349 g/mol. The molecule has 120 valence electrons. The van der Waals surface area contributed by atoms with E-state index in [1.165, 1.54) is 22.7 Å². The Morgan fingerprint density at radius 1 is 1.35 bits per heavy atom. The van der Waals surface area contributed by atoms with Crippen molar-refractivity contribution >= 4 is 49.1 Å². The van der Waals surface area contributed by atoms with E-state index in [9.17, 15) is 4.79 Å². The molecule has 2 heterocycles. The van der Waals surface area contributed by atoms with Gasteiger partial charge in [0, 0.05) is 7.05 Å². The Hall–Kier alpha value is -2.26. The van der Waals surface area contributed by atoms with Gasteiger partial charge in [0.1, 0.15) is 16.3 Å². The molecule has 2 aromatic heterocycles. The molecule has 1 amide bonds. The normalized spacial score (nSPS) is 10.7. The summed E-state index contributed by atoms with van der Waals surface area (Å²) in [5.74, 6) is 0.571. The van der Waals surface area contributed by atoms with Crippen LogP contribution in [-0.4, -0.2) is 41.8 Å². The highest BCUT2D eigenvalue weighted by atomic mass is 32.1. The second-order valence-electron chi connectivity index (χ2n) is 4.83. The summed E-state index contributed by atoms with van der Waals surface area (Å²) in [6.45, 7) is 2.02. The standard InChI is InChI=1S/C14H15N5O2S2/c1-8-17-18-13(22-8)15-11(20)7-19(2)14-16-12-9(21-3)5-4-6-10(12)23-14/h4-6H,7H2,1-3H3,(H,15,18,20). The average Bonchev–Trinajstić information content (AvgIpc) is 3.12. The largest absolute Gasteiger partial charge is 0.494 e. The van der Waals surface area contributed by atoms with Gasteiger partial charge in [0.15, 0.2) is 5.13 Å². The third kappa shape index (κ3) is 3.40.